The van der Waals surface area contributed by atoms with Crippen LogP contribution in [0.1, 0.15) is 12.8 Å². The number of nitrogens with zero attached hydrogens (tertiary/aromatic N) is 2. The number of piperazine rings is 1. The fourth-order valence-electron chi connectivity index (χ4n) is 3.53. The predicted octanol–water partition coefficient (Wildman–Crippen LogP) is 2.46. The van der Waals surface area contributed by atoms with Crippen molar-refractivity contribution >= 4 is 34.0 Å². The van der Waals surface area contributed by atoms with Gasteiger partial charge in [-0.1, -0.05) is 11.6 Å². The molecule has 1 aromatic carbocycles. The number of fused-ring (bicyclic) bond motifs is 1. The van der Waals surface area contributed by atoms with Crippen molar-refractivity contribution in [2.75, 3.05) is 49.5 Å². The minimum atomic E-state index is 0.548. The second-order valence-electron chi connectivity index (χ2n) is 6.61. The molecule has 0 saturated carbocycles. The van der Waals surface area contributed by atoms with E-state index >= 15 is 0 Å². The van der Waals surface area contributed by atoms with E-state index in [1.54, 1.807) is 0 Å². The third kappa shape index (κ3) is 3.43. The molecule has 6 heteroatoms. The van der Waals surface area contributed by atoms with Crippen LogP contribution in [0, 0.1) is 0 Å². The summed E-state index contributed by atoms with van der Waals surface area (Å²) < 4.78 is 0. The van der Waals surface area contributed by atoms with E-state index in [0.717, 1.165) is 66.7 Å². The summed E-state index contributed by atoms with van der Waals surface area (Å²) in [6, 6.07) is 8.99. The summed E-state index contributed by atoms with van der Waals surface area (Å²) in [6.07, 6.45) is 2.33. The van der Waals surface area contributed by atoms with Gasteiger partial charge in [0.1, 0.15) is 5.82 Å². The van der Waals surface area contributed by atoms with Gasteiger partial charge in [0, 0.05) is 43.3 Å². The van der Waals surface area contributed by atoms with E-state index in [9.17, 15) is 0 Å². The zero-order valence-electron chi connectivity index (χ0n) is 13.8. The number of piperidine rings is 1. The van der Waals surface area contributed by atoms with Gasteiger partial charge in [0.15, 0.2) is 0 Å². The van der Waals surface area contributed by atoms with Crippen LogP contribution in [-0.4, -0.2) is 50.3 Å². The minimum Gasteiger partial charge on any atom is -0.382 e. The molecule has 2 aliphatic heterocycles. The second kappa shape index (κ2) is 7.13. The molecule has 3 N–H and O–H groups in total. The number of pyridine rings is 1. The maximum Gasteiger partial charge on any atom is 0.148 e. The third-order valence-corrected chi connectivity index (χ3v) is 5.15. The van der Waals surface area contributed by atoms with Crippen LogP contribution < -0.4 is 20.9 Å². The Kier molecular flexibility index (Phi) is 4.74. The molecule has 0 atom stereocenters. The fraction of sp³-hybridized carbons (Fsp3) is 0.500. The van der Waals surface area contributed by atoms with E-state index in [2.05, 4.69) is 45.1 Å². The summed E-state index contributed by atoms with van der Waals surface area (Å²) in [5.41, 5.74) is 2.16. The Morgan fingerprint density at radius 3 is 2.58 bits per heavy atom. The van der Waals surface area contributed by atoms with E-state index in [1.165, 1.54) is 12.8 Å². The minimum absolute atomic E-state index is 0.548. The zero-order valence-corrected chi connectivity index (χ0v) is 14.6. The summed E-state index contributed by atoms with van der Waals surface area (Å²) in [5, 5.41) is 12.2. The maximum absolute atomic E-state index is 6.53. The molecular weight excluding hydrogens is 322 g/mol. The van der Waals surface area contributed by atoms with Gasteiger partial charge in [-0.15, -0.1) is 0 Å². The number of hydrogen-bond donors (Lipinski definition) is 3. The standard InChI is InChI=1S/C18H24ClN5/c19-16-12-13-11-15(22-14-3-5-20-6-4-14)1-2-17(13)23-18(16)24-9-7-21-8-10-24/h1-2,11-12,14,20-22H,3-10H2. The SMILES string of the molecule is Clc1cc2cc(NC3CCNCC3)ccc2nc1N1CCNCC1. The van der Waals surface area contributed by atoms with Gasteiger partial charge in [-0.2, -0.15) is 0 Å². The second-order valence-corrected chi connectivity index (χ2v) is 7.01. The lowest BCUT2D eigenvalue weighted by Gasteiger charge is -2.29. The van der Waals surface area contributed by atoms with Crippen LogP contribution in [-0.2, 0) is 0 Å². The van der Waals surface area contributed by atoms with Crippen molar-refractivity contribution in [3.05, 3.63) is 29.3 Å². The lowest BCUT2D eigenvalue weighted by Crippen LogP contribution is -2.44. The van der Waals surface area contributed by atoms with Crippen LogP contribution in [0.25, 0.3) is 10.9 Å². The average Bonchev–Trinajstić information content (AvgIpc) is 2.63. The van der Waals surface area contributed by atoms with E-state index in [4.69, 9.17) is 16.6 Å². The molecule has 2 aromatic rings. The van der Waals surface area contributed by atoms with Gasteiger partial charge in [0.25, 0.3) is 0 Å². The van der Waals surface area contributed by atoms with Crippen molar-refractivity contribution in [2.24, 2.45) is 0 Å². The smallest absolute Gasteiger partial charge is 0.148 e. The Bertz CT molecular complexity index is 708. The average molecular weight is 346 g/mol. The Morgan fingerprint density at radius 1 is 1.04 bits per heavy atom. The van der Waals surface area contributed by atoms with Crippen LogP contribution in [0.4, 0.5) is 11.5 Å². The Morgan fingerprint density at radius 2 is 1.79 bits per heavy atom. The molecule has 0 bridgehead atoms. The van der Waals surface area contributed by atoms with Crippen molar-refractivity contribution < 1.29 is 0 Å². The summed E-state index contributed by atoms with van der Waals surface area (Å²) >= 11 is 6.53. The number of halogens is 1. The molecule has 2 saturated heterocycles. The molecule has 1 aromatic heterocycles. The van der Waals surface area contributed by atoms with Crippen LogP contribution >= 0.6 is 11.6 Å². The monoisotopic (exact) mass is 345 g/mol. The molecule has 0 aliphatic carbocycles. The van der Waals surface area contributed by atoms with Gasteiger partial charge in [0.05, 0.1) is 10.5 Å². The van der Waals surface area contributed by atoms with Gasteiger partial charge in [-0.25, -0.2) is 4.98 Å². The third-order valence-electron chi connectivity index (χ3n) is 4.88. The molecule has 4 rings (SSSR count). The number of hydrogen-bond acceptors (Lipinski definition) is 5. The van der Waals surface area contributed by atoms with Gasteiger partial charge in [-0.3, -0.25) is 0 Å². The lowest BCUT2D eigenvalue weighted by atomic mass is 10.1. The summed E-state index contributed by atoms with van der Waals surface area (Å²) in [5.74, 6) is 0.907. The van der Waals surface area contributed by atoms with Crippen LogP contribution in [0.2, 0.25) is 5.02 Å². The van der Waals surface area contributed by atoms with Crippen LogP contribution in [0.15, 0.2) is 24.3 Å². The largest absolute Gasteiger partial charge is 0.382 e. The predicted molar refractivity (Wildman–Crippen MR) is 101 cm³/mol. The molecule has 2 aliphatic rings. The van der Waals surface area contributed by atoms with E-state index in [-0.39, 0.29) is 0 Å². The molecule has 5 nitrogen and oxygen atoms in total. The normalized spacial score (nSPS) is 19.6. The molecule has 0 radical (unpaired) electrons. The maximum atomic E-state index is 6.53. The first-order valence-electron chi connectivity index (χ1n) is 8.83. The number of benzene rings is 1. The lowest BCUT2D eigenvalue weighted by molar-refractivity contribution is 0.479. The van der Waals surface area contributed by atoms with Crippen molar-refractivity contribution in [1.82, 2.24) is 15.6 Å². The van der Waals surface area contributed by atoms with Crippen molar-refractivity contribution in [3.63, 3.8) is 0 Å². The Labute approximate surface area is 147 Å². The van der Waals surface area contributed by atoms with Crippen LogP contribution in [0.3, 0.4) is 0 Å². The fourth-order valence-corrected chi connectivity index (χ4v) is 3.81. The number of aromatic nitrogens is 1. The summed E-state index contributed by atoms with van der Waals surface area (Å²) in [4.78, 5) is 7.08. The quantitative estimate of drug-likeness (QED) is 0.798. The molecular formula is C18H24ClN5. The van der Waals surface area contributed by atoms with Crippen molar-refractivity contribution in [1.29, 1.82) is 0 Å². The molecule has 2 fully saturated rings. The number of rotatable bonds is 3. The molecule has 128 valence electrons. The number of anilines is 2. The molecule has 0 unspecified atom stereocenters. The van der Waals surface area contributed by atoms with Crippen molar-refractivity contribution in [3.8, 4) is 0 Å². The molecule has 3 heterocycles. The molecule has 0 spiro atoms. The van der Waals surface area contributed by atoms with Crippen LogP contribution in [0.5, 0.6) is 0 Å². The van der Waals surface area contributed by atoms with E-state index in [0.29, 0.717) is 6.04 Å². The summed E-state index contributed by atoms with van der Waals surface area (Å²) in [6.45, 7) is 6.05. The molecule has 0 amide bonds. The van der Waals surface area contributed by atoms with E-state index < -0.39 is 0 Å². The highest BCUT2D eigenvalue weighted by atomic mass is 35.5. The highest BCUT2D eigenvalue weighted by Gasteiger charge is 2.17. The first-order valence-corrected chi connectivity index (χ1v) is 9.20. The van der Waals surface area contributed by atoms with Gasteiger partial charge < -0.3 is 20.9 Å². The topological polar surface area (TPSA) is 52.2 Å². The first-order chi connectivity index (χ1) is 11.8. The Hall–Kier alpha value is -1.56. The summed E-state index contributed by atoms with van der Waals surface area (Å²) in [7, 11) is 0. The molecule has 24 heavy (non-hydrogen) atoms. The highest BCUT2D eigenvalue weighted by molar-refractivity contribution is 6.33. The van der Waals surface area contributed by atoms with Gasteiger partial charge >= 0.3 is 0 Å². The Balaban J connectivity index is 1.58. The van der Waals surface area contributed by atoms with Gasteiger partial charge in [0.2, 0.25) is 0 Å². The zero-order chi connectivity index (χ0) is 16.4. The van der Waals surface area contributed by atoms with E-state index in [1.807, 2.05) is 0 Å². The number of nitrogens with one attached hydrogen (secondary N) is 3. The van der Waals surface area contributed by atoms with Gasteiger partial charge in [-0.05, 0) is 50.2 Å². The highest BCUT2D eigenvalue weighted by Crippen LogP contribution is 2.29. The van der Waals surface area contributed by atoms with Crippen molar-refractivity contribution in [2.45, 2.75) is 18.9 Å². The first kappa shape index (κ1) is 15.9.